The molecule has 0 heterocycles. The van der Waals surface area contributed by atoms with Gasteiger partial charge in [-0.3, -0.25) is 0 Å². The van der Waals surface area contributed by atoms with Gasteiger partial charge in [-0.1, -0.05) is 19.3 Å². The van der Waals surface area contributed by atoms with E-state index in [1.165, 1.54) is 19.3 Å². The van der Waals surface area contributed by atoms with Crippen LogP contribution in [0, 0.1) is 5.92 Å². The van der Waals surface area contributed by atoms with Crippen LogP contribution in [0.25, 0.3) is 0 Å². The lowest BCUT2D eigenvalue weighted by Gasteiger charge is -2.25. The maximum atomic E-state index is 11.3. The van der Waals surface area contributed by atoms with Gasteiger partial charge in [-0.15, -0.1) is 0 Å². The number of carbonyl (C=O) groups is 1. The van der Waals surface area contributed by atoms with Crippen molar-refractivity contribution in [2.45, 2.75) is 32.6 Å². The van der Waals surface area contributed by atoms with Gasteiger partial charge in [-0.25, -0.2) is 4.79 Å². The summed E-state index contributed by atoms with van der Waals surface area (Å²) in [6.07, 6.45) is 5.26. The van der Waals surface area contributed by atoms with E-state index >= 15 is 0 Å². The molecule has 0 aromatic carbocycles. The van der Waals surface area contributed by atoms with Crippen molar-refractivity contribution in [1.82, 2.24) is 10.2 Å². The van der Waals surface area contributed by atoms with Crippen LogP contribution in [0.3, 0.4) is 0 Å². The molecule has 1 aliphatic carbocycles. The number of nitrogens with zero attached hydrogens (tertiary/aromatic N) is 1. The Hall–Kier alpha value is -0.730. The monoisotopic (exact) mass is 184 g/mol. The molecule has 13 heavy (non-hydrogen) atoms. The Bertz CT molecular complexity index is 166. The highest BCUT2D eigenvalue weighted by atomic mass is 16.2. The van der Waals surface area contributed by atoms with Crippen LogP contribution in [0.4, 0.5) is 4.79 Å². The average Bonchev–Trinajstić information content (AvgIpc) is 2.07. The predicted octanol–water partition coefficient (Wildman–Crippen LogP) is 1.84. The molecule has 2 amide bonds. The molecule has 1 rings (SSSR count). The largest absolute Gasteiger partial charge is 0.338 e. The van der Waals surface area contributed by atoms with Gasteiger partial charge in [0.1, 0.15) is 0 Å². The van der Waals surface area contributed by atoms with Gasteiger partial charge in [0.15, 0.2) is 0 Å². The van der Waals surface area contributed by atoms with Gasteiger partial charge >= 0.3 is 6.03 Å². The fourth-order valence-corrected chi connectivity index (χ4v) is 1.44. The van der Waals surface area contributed by atoms with Crippen molar-refractivity contribution in [3.05, 3.63) is 0 Å². The molecule has 3 heteroatoms. The first-order valence-electron chi connectivity index (χ1n) is 5.23. The molecule has 1 fully saturated rings. The van der Waals surface area contributed by atoms with Crippen LogP contribution < -0.4 is 5.32 Å². The first-order valence-corrected chi connectivity index (χ1v) is 5.23. The van der Waals surface area contributed by atoms with Crippen molar-refractivity contribution in [3.63, 3.8) is 0 Å². The zero-order valence-electron chi connectivity index (χ0n) is 8.68. The molecular formula is C10H20N2O. The Morgan fingerprint density at radius 3 is 2.69 bits per heavy atom. The number of urea groups is 1. The zero-order valence-corrected chi connectivity index (χ0v) is 8.68. The normalized spacial score (nSPS) is 16.5. The minimum absolute atomic E-state index is 0.0572. The Morgan fingerprint density at radius 1 is 1.54 bits per heavy atom. The van der Waals surface area contributed by atoms with E-state index in [0.717, 1.165) is 25.4 Å². The van der Waals surface area contributed by atoms with E-state index in [9.17, 15) is 4.79 Å². The zero-order chi connectivity index (χ0) is 9.68. The van der Waals surface area contributed by atoms with E-state index in [1.54, 1.807) is 4.90 Å². The number of carbonyl (C=O) groups excluding carboxylic acids is 1. The lowest BCUT2D eigenvalue weighted by atomic mass is 9.83. The number of hydrogen-bond donors (Lipinski definition) is 1. The van der Waals surface area contributed by atoms with Crippen molar-refractivity contribution < 1.29 is 4.79 Å². The summed E-state index contributed by atoms with van der Waals surface area (Å²) in [5.74, 6) is 0.882. The topological polar surface area (TPSA) is 32.3 Å². The van der Waals surface area contributed by atoms with Crippen LogP contribution >= 0.6 is 0 Å². The van der Waals surface area contributed by atoms with Gasteiger partial charge in [-0.05, 0) is 19.3 Å². The second-order valence-corrected chi connectivity index (χ2v) is 3.83. The molecular weight excluding hydrogens is 164 g/mol. The SMILES string of the molecule is CCN(C)C(=O)NCCC1CCC1. The van der Waals surface area contributed by atoms with Gasteiger partial charge in [0.25, 0.3) is 0 Å². The average molecular weight is 184 g/mol. The first-order chi connectivity index (χ1) is 6.24. The van der Waals surface area contributed by atoms with Crippen molar-refractivity contribution in [1.29, 1.82) is 0 Å². The fourth-order valence-electron chi connectivity index (χ4n) is 1.44. The summed E-state index contributed by atoms with van der Waals surface area (Å²) in [5.41, 5.74) is 0. The molecule has 3 nitrogen and oxygen atoms in total. The molecule has 0 radical (unpaired) electrons. The van der Waals surface area contributed by atoms with Crippen LogP contribution in [0.15, 0.2) is 0 Å². The molecule has 0 bridgehead atoms. The maximum absolute atomic E-state index is 11.3. The summed E-state index contributed by atoms with van der Waals surface area (Å²) in [5, 5.41) is 2.92. The second kappa shape index (κ2) is 5.10. The molecule has 1 N–H and O–H groups in total. The third kappa shape index (κ3) is 3.25. The quantitative estimate of drug-likeness (QED) is 0.710. The molecule has 0 spiro atoms. The standard InChI is InChI=1S/C10H20N2O/c1-3-12(2)10(13)11-8-7-9-5-4-6-9/h9H,3-8H2,1-2H3,(H,11,13). The van der Waals surface area contributed by atoms with Crippen LogP contribution in [-0.4, -0.2) is 31.1 Å². The number of amides is 2. The van der Waals surface area contributed by atoms with Crippen molar-refractivity contribution in [2.24, 2.45) is 5.92 Å². The van der Waals surface area contributed by atoms with Gasteiger partial charge in [0.05, 0.1) is 0 Å². The molecule has 0 atom stereocenters. The van der Waals surface area contributed by atoms with E-state index in [0.29, 0.717) is 0 Å². The van der Waals surface area contributed by atoms with E-state index in [2.05, 4.69) is 5.32 Å². The van der Waals surface area contributed by atoms with E-state index in [1.807, 2.05) is 14.0 Å². The summed E-state index contributed by atoms with van der Waals surface area (Å²) in [7, 11) is 1.82. The smallest absolute Gasteiger partial charge is 0.317 e. The lowest BCUT2D eigenvalue weighted by molar-refractivity contribution is 0.208. The highest BCUT2D eigenvalue weighted by Crippen LogP contribution is 2.28. The van der Waals surface area contributed by atoms with Crippen LogP contribution in [0.5, 0.6) is 0 Å². The molecule has 1 aliphatic rings. The fraction of sp³-hybridized carbons (Fsp3) is 0.900. The number of rotatable bonds is 4. The number of hydrogen-bond acceptors (Lipinski definition) is 1. The first kappa shape index (κ1) is 10.4. The summed E-state index contributed by atoms with van der Waals surface area (Å²) < 4.78 is 0. The van der Waals surface area contributed by atoms with Gasteiger partial charge in [-0.2, -0.15) is 0 Å². The molecule has 0 aromatic rings. The summed E-state index contributed by atoms with van der Waals surface area (Å²) >= 11 is 0. The Balaban J connectivity index is 2.00. The van der Waals surface area contributed by atoms with Gasteiger partial charge < -0.3 is 10.2 Å². The molecule has 0 aromatic heterocycles. The molecule has 0 saturated heterocycles. The minimum atomic E-state index is 0.0572. The lowest BCUT2D eigenvalue weighted by Crippen LogP contribution is -2.38. The van der Waals surface area contributed by atoms with E-state index < -0.39 is 0 Å². The Kier molecular flexibility index (Phi) is 4.06. The van der Waals surface area contributed by atoms with Crippen LogP contribution in [0.1, 0.15) is 32.6 Å². The minimum Gasteiger partial charge on any atom is -0.338 e. The summed E-state index contributed by atoms with van der Waals surface area (Å²) in [6, 6.07) is 0.0572. The van der Waals surface area contributed by atoms with Crippen LogP contribution in [-0.2, 0) is 0 Å². The van der Waals surface area contributed by atoms with Crippen molar-refractivity contribution >= 4 is 6.03 Å². The van der Waals surface area contributed by atoms with E-state index in [4.69, 9.17) is 0 Å². The third-order valence-electron chi connectivity index (χ3n) is 2.87. The number of nitrogens with one attached hydrogen (secondary N) is 1. The molecule has 0 unspecified atom stereocenters. The highest BCUT2D eigenvalue weighted by Gasteiger charge is 2.17. The predicted molar refractivity (Wildman–Crippen MR) is 53.7 cm³/mol. The molecule has 76 valence electrons. The molecule has 1 saturated carbocycles. The summed E-state index contributed by atoms with van der Waals surface area (Å²) in [6.45, 7) is 3.59. The Morgan fingerprint density at radius 2 is 2.23 bits per heavy atom. The summed E-state index contributed by atoms with van der Waals surface area (Å²) in [4.78, 5) is 13.0. The van der Waals surface area contributed by atoms with Crippen molar-refractivity contribution in [2.75, 3.05) is 20.1 Å². The maximum Gasteiger partial charge on any atom is 0.317 e. The van der Waals surface area contributed by atoms with E-state index in [-0.39, 0.29) is 6.03 Å². The second-order valence-electron chi connectivity index (χ2n) is 3.83. The highest BCUT2D eigenvalue weighted by molar-refractivity contribution is 5.73. The van der Waals surface area contributed by atoms with Crippen molar-refractivity contribution in [3.8, 4) is 0 Å². The van der Waals surface area contributed by atoms with Gasteiger partial charge in [0.2, 0.25) is 0 Å². The van der Waals surface area contributed by atoms with Gasteiger partial charge in [0, 0.05) is 20.1 Å². The third-order valence-corrected chi connectivity index (χ3v) is 2.87. The molecule has 0 aliphatic heterocycles. The van der Waals surface area contributed by atoms with Crippen LogP contribution in [0.2, 0.25) is 0 Å². The Labute approximate surface area is 80.5 Å².